The molecule has 8 nitrogen and oxygen atoms in total. The average Bonchev–Trinajstić information content (AvgIpc) is 2.61. The number of nitrogens with zero attached hydrogens (tertiary/aromatic N) is 2. The standard InChI is InChI=1S/C17H25N3O5/c1-25-16-6-5-14(20(23)24)12-15(16)18-17(22)7-10-19-9-3-2-4-13(19)8-11-21/h5-6,12-13,21H,2-4,7-11H2,1H3,(H,18,22). The quantitative estimate of drug-likeness (QED) is 0.549. The zero-order valence-electron chi connectivity index (χ0n) is 14.4. The number of carbonyl (C=O) groups excluding carboxylic acids is 1. The molecule has 1 saturated heterocycles. The van der Waals surface area contributed by atoms with Crippen molar-refractivity contribution in [2.24, 2.45) is 0 Å². The molecule has 2 rings (SSSR count). The second kappa shape index (κ2) is 9.33. The van der Waals surface area contributed by atoms with Crippen molar-refractivity contribution in [2.45, 2.75) is 38.1 Å². The number of piperidine rings is 1. The molecule has 1 atom stereocenters. The van der Waals surface area contributed by atoms with Crippen molar-refractivity contribution < 1.29 is 19.6 Å². The third-order valence-electron chi connectivity index (χ3n) is 4.51. The monoisotopic (exact) mass is 351 g/mol. The van der Waals surface area contributed by atoms with E-state index in [0.29, 0.717) is 24.0 Å². The van der Waals surface area contributed by atoms with Gasteiger partial charge in [0.15, 0.2) is 0 Å². The van der Waals surface area contributed by atoms with Crippen LogP contribution in [0.25, 0.3) is 0 Å². The van der Waals surface area contributed by atoms with Gasteiger partial charge in [0, 0.05) is 37.7 Å². The van der Waals surface area contributed by atoms with E-state index in [1.165, 1.54) is 25.3 Å². The first kappa shape index (κ1) is 19.1. The Morgan fingerprint density at radius 1 is 1.48 bits per heavy atom. The molecule has 0 aromatic heterocycles. The molecule has 1 fully saturated rings. The summed E-state index contributed by atoms with van der Waals surface area (Å²) >= 11 is 0. The molecule has 8 heteroatoms. The van der Waals surface area contributed by atoms with Crippen LogP contribution in [0.3, 0.4) is 0 Å². The van der Waals surface area contributed by atoms with Crippen LogP contribution in [0.1, 0.15) is 32.1 Å². The normalized spacial score (nSPS) is 17.9. The van der Waals surface area contributed by atoms with E-state index >= 15 is 0 Å². The third-order valence-corrected chi connectivity index (χ3v) is 4.51. The number of aliphatic hydroxyl groups excluding tert-OH is 1. The van der Waals surface area contributed by atoms with Gasteiger partial charge >= 0.3 is 0 Å². The third kappa shape index (κ3) is 5.40. The van der Waals surface area contributed by atoms with Crippen LogP contribution in [-0.4, -0.2) is 53.7 Å². The van der Waals surface area contributed by atoms with Gasteiger partial charge in [0.1, 0.15) is 5.75 Å². The Kier molecular flexibility index (Phi) is 7.15. The van der Waals surface area contributed by atoms with Gasteiger partial charge in [-0.2, -0.15) is 0 Å². The van der Waals surface area contributed by atoms with Gasteiger partial charge in [-0.05, 0) is 31.9 Å². The number of hydrogen-bond donors (Lipinski definition) is 2. The fourth-order valence-corrected chi connectivity index (χ4v) is 3.20. The largest absolute Gasteiger partial charge is 0.495 e. The molecule has 1 aromatic rings. The zero-order valence-corrected chi connectivity index (χ0v) is 14.4. The molecule has 25 heavy (non-hydrogen) atoms. The summed E-state index contributed by atoms with van der Waals surface area (Å²) < 4.78 is 5.15. The Labute approximate surface area is 146 Å². The van der Waals surface area contributed by atoms with Crippen molar-refractivity contribution in [3.8, 4) is 5.75 Å². The highest BCUT2D eigenvalue weighted by Crippen LogP contribution is 2.29. The minimum atomic E-state index is -0.512. The molecule has 0 saturated carbocycles. The number of anilines is 1. The molecule has 1 amide bonds. The first-order valence-electron chi connectivity index (χ1n) is 8.52. The van der Waals surface area contributed by atoms with Crippen LogP contribution in [0.2, 0.25) is 0 Å². The highest BCUT2D eigenvalue weighted by Gasteiger charge is 2.22. The number of carbonyl (C=O) groups is 1. The lowest BCUT2D eigenvalue weighted by Gasteiger charge is -2.35. The van der Waals surface area contributed by atoms with Gasteiger partial charge in [-0.15, -0.1) is 0 Å². The highest BCUT2D eigenvalue weighted by molar-refractivity contribution is 5.92. The maximum absolute atomic E-state index is 12.3. The lowest BCUT2D eigenvalue weighted by molar-refractivity contribution is -0.384. The van der Waals surface area contributed by atoms with Gasteiger partial charge < -0.3 is 15.2 Å². The molecule has 138 valence electrons. The Bertz CT molecular complexity index is 606. The van der Waals surface area contributed by atoms with Crippen molar-refractivity contribution in [2.75, 3.05) is 32.1 Å². The van der Waals surface area contributed by atoms with E-state index in [9.17, 15) is 14.9 Å². The van der Waals surface area contributed by atoms with Gasteiger partial charge in [0.25, 0.3) is 5.69 Å². The zero-order chi connectivity index (χ0) is 18.2. The number of nitrogens with one attached hydrogen (secondary N) is 1. The summed E-state index contributed by atoms with van der Waals surface area (Å²) in [4.78, 5) is 24.9. The molecule has 1 unspecified atom stereocenters. The lowest BCUT2D eigenvalue weighted by Crippen LogP contribution is -2.41. The van der Waals surface area contributed by atoms with Crippen molar-refractivity contribution >= 4 is 17.3 Å². The summed E-state index contributed by atoms with van der Waals surface area (Å²) in [7, 11) is 1.45. The SMILES string of the molecule is COc1ccc([N+](=O)[O-])cc1NC(=O)CCN1CCCCC1CCO. The summed E-state index contributed by atoms with van der Waals surface area (Å²) in [5.41, 5.74) is 0.197. The number of non-ortho nitro benzene ring substituents is 1. The molecule has 1 heterocycles. The van der Waals surface area contributed by atoms with Crippen molar-refractivity contribution in [3.05, 3.63) is 28.3 Å². The summed E-state index contributed by atoms with van der Waals surface area (Å²) in [6.07, 6.45) is 4.30. The van der Waals surface area contributed by atoms with E-state index in [1.807, 2.05) is 0 Å². The van der Waals surface area contributed by atoms with Crippen LogP contribution in [-0.2, 0) is 4.79 Å². The average molecular weight is 351 g/mol. The molecule has 0 aliphatic carbocycles. The second-order valence-corrected chi connectivity index (χ2v) is 6.14. The molecule has 1 aliphatic rings. The Hall–Kier alpha value is -2.19. The number of ether oxygens (including phenoxy) is 1. The number of likely N-dealkylation sites (tertiary alicyclic amines) is 1. The number of aliphatic hydroxyl groups is 1. The van der Waals surface area contributed by atoms with Gasteiger partial charge in [0.05, 0.1) is 17.7 Å². The Balaban J connectivity index is 1.95. The van der Waals surface area contributed by atoms with E-state index in [1.54, 1.807) is 0 Å². The molecule has 0 radical (unpaired) electrons. The van der Waals surface area contributed by atoms with Crippen LogP contribution in [0.15, 0.2) is 18.2 Å². The number of nitro groups is 1. The van der Waals surface area contributed by atoms with E-state index in [-0.39, 0.29) is 24.6 Å². The predicted octanol–water partition coefficient (Wildman–Crippen LogP) is 2.17. The predicted molar refractivity (Wildman–Crippen MR) is 93.8 cm³/mol. The number of nitro benzene ring substituents is 1. The molecular weight excluding hydrogens is 326 g/mol. The minimum absolute atomic E-state index is 0.102. The van der Waals surface area contributed by atoms with Crippen LogP contribution in [0, 0.1) is 10.1 Å². The molecule has 2 N–H and O–H groups in total. The van der Waals surface area contributed by atoms with Gasteiger partial charge in [-0.25, -0.2) is 0 Å². The summed E-state index contributed by atoms with van der Waals surface area (Å²) in [6.45, 7) is 1.68. The number of amides is 1. The summed E-state index contributed by atoms with van der Waals surface area (Å²) in [5.74, 6) is 0.169. The maximum Gasteiger partial charge on any atom is 0.271 e. The number of hydrogen-bond acceptors (Lipinski definition) is 6. The van der Waals surface area contributed by atoms with E-state index in [2.05, 4.69) is 10.2 Å². The van der Waals surface area contributed by atoms with Crippen LogP contribution in [0.4, 0.5) is 11.4 Å². The van der Waals surface area contributed by atoms with Gasteiger partial charge in [-0.3, -0.25) is 19.8 Å². The maximum atomic E-state index is 12.3. The van der Waals surface area contributed by atoms with Crippen LogP contribution < -0.4 is 10.1 Å². The van der Waals surface area contributed by atoms with Gasteiger partial charge in [0.2, 0.25) is 5.91 Å². The van der Waals surface area contributed by atoms with E-state index in [0.717, 1.165) is 32.2 Å². The number of rotatable bonds is 8. The van der Waals surface area contributed by atoms with Crippen LogP contribution in [0.5, 0.6) is 5.75 Å². The lowest BCUT2D eigenvalue weighted by atomic mass is 9.99. The Morgan fingerprint density at radius 3 is 2.96 bits per heavy atom. The van der Waals surface area contributed by atoms with Gasteiger partial charge in [-0.1, -0.05) is 6.42 Å². The molecule has 1 aliphatic heterocycles. The first-order chi connectivity index (χ1) is 12.0. The summed E-state index contributed by atoms with van der Waals surface area (Å²) in [6, 6.07) is 4.42. The molecule has 0 bridgehead atoms. The second-order valence-electron chi connectivity index (χ2n) is 6.14. The number of methoxy groups -OCH3 is 1. The fourth-order valence-electron chi connectivity index (χ4n) is 3.20. The fraction of sp³-hybridized carbons (Fsp3) is 0.588. The smallest absolute Gasteiger partial charge is 0.271 e. The Morgan fingerprint density at radius 2 is 2.28 bits per heavy atom. The minimum Gasteiger partial charge on any atom is -0.495 e. The number of benzene rings is 1. The van der Waals surface area contributed by atoms with Crippen molar-refractivity contribution in [3.63, 3.8) is 0 Å². The van der Waals surface area contributed by atoms with Crippen molar-refractivity contribution in [1.82, 2.24) is 4.90 Å². The van der Waals surface area contributed by atoms with E-state index in [4.69, 9.17) is 9.84 Å². The van der Waals surface area contributed by atoms with Crippen LogP contribution >= 0.6 is 0 Å². The molecule has 1 aromatic carbocycles. The first-order valence-corrected chi connectivity index (χ1v) is 8.52. The molecular formula is C17H25N3O5. The topological polar surface area (TPSA) is 105 Å². The molecule has 0 spiro atoms. The van der Waals surface area contributed by atoms with E-state index < -0.39 is 4.92 Å². The summed E-state index contributed by atoms with van der Waals surface area (Å²) in [5, 5.41) is 22.8. The van der Waals surface area contributed by atoms with Crippen molar-refractivity contribution in [1.29, 1.82) is 0 Å². The highest BCUT2D eigenvalue weighted by atomic mass is 16.6.